The van der Waals surface area contributed by atoms with Crippen LogP contribution in [0.25, 0.3) is 0 Å². The van der Waals surface area contributed by atoms with Gasteiger partial charge in [0.05, 0.1) is 11.5 Å². The molecule has 0 radical (unpaired) electrons. The molecule has 2 amide bonds. The highest BCUT2D eigenvalue weighted by Gasteiger charge is 2.27. The fourth-order valence-electron chi connectivity index (χ4n) is 2.33. The lowest BCUT2D eigenvalue weighted by Crippen LogP contribution is -2.38. The highest BCUT2D eigenvalue weighted by molar-refractivity contribution is 7.91. The molecule has 122 valence electrons. The molecular formula is C14H22N4O3S. The average Bonchev–Trinajstić information content (AvgIpc) is 2.82. The zero-order chi connectivity index (χ0) is 16.2. The number of pyridine rings is 1. The molecule has 0 saturated carbocycles. The molecule has 2 N–H and O–H groups in total. The van der Waals surface area contributed by atoms with Gasteiger partial charge < -0.3 is 15.5 Å². The first-order valence-electron chi connectivity index (χ1n) is 7.20. The van der Waals surface area contributed by atoms with Crippen molar-refractivity contribution >= 4 is 21.7 Å². The SMILES string of the molecule is CN(C)c1cc(CNC(=O)NC[C@H]2CCS(=O)(=O)C2)ccn1. The minimum Gasteiger partial charge on any atom is -0.363 e. The predicted molar refractivity (Wildman–Crippen MR) is 85.6 cm³/mol. The number of nitrogens with zero attached hydrogens (tertiary/aromatic N) is 2. The zero-order valence-corrected chi connectivity index (χ0v) is 13.7. The number of sulfone groups is 1. The summed E-state index contributed by atoms with van der Waals surface area (Å²) in [6.45, 7) is 0.794. The van der Waals surface area contributed by atoms with Gasteiger partial charge in [0.25, 0.3) is 0 Å². The van der Waals surface area contributed by atoms with Gasteiger partial charge in [-0.2, -0.15) is 0 Å². The summed E-state index contributed by atoms with van der Waals surface area (Å²) in [6.07, 6.45) is 2.33. The van der Waals surface area contributed by atoms with E-state index in [0.29, 0.717) is 19.5 Å². The van der Waals surface area contributed by atoms with E-state index in [4.69, 9.17) is 0 Å². The van der Waals surface area contributed by atoms with Gasteiger partial charge in [-0.3, -0.25) is 0 Å². The minimum absolute atomic E-state index is 0.0250. The summed E-state index contributed by atoms with van der Waals surface area (Å²) in [5.74, 6) is 1.25. The van der Waals surface area contributed by atoms with Crippen LogP contribution in [0.2, 0.25) is 0 Å². The second-order valence-electron chi connectivity index (χ2n) is 5.75. The van der Waals surface area contributed by atoms with Gasteiger partial charge in [0, 0.05) is 33.4 Å². The van der Waals surface area contributed by atoms with Crippen LogP contribution in [0.3, 0.4) is 0 Å². The van der Waals surface area contributed by atoms with Crippen LogP contribution in [0.5, 0.6) is 0 Å². The first kappa shape index (κ1) is 16.5. The Balaban J connectivity index is 1.75. The van der Waals surface area contributed by atoms with Crippen molar-refractivity contribution in [3.63, 3.8) is 0 Å². The van der Waals surface area contributed by atoms with Gasteiger partial charge in [0.2, 0.25) is 0 Å². The Morgan fingerprint density at radius 3 is 2.82 bits per heavy atom. The molecule has 7 nitrogen and oxygen atoms in total. The third kappa shape index (κ3) is 4.87. The van der Waals surface area contributed by atoms with E-state index in [0.717, 1.165) is 11.4 Å². The van der Waals surface area contributed by atoms with E-state index >= 15 is 0 Å². The summed E-state index contributed by atoms with van der Waals surface area (Å²) in [4.78, 5) is 17.9. The van der Waals surface area contributed by atoms with Crippen molar-refractivity contribution in [1.29, 1.82) is 0 Å². The Morgan fingerprint density at radius 2 is 2.18 bits per heavy atom. The number of urea groups is 1. The molecule has 1 aliphatic rings. The summed E-state index contributed by atoms with van der Waals surface area (Å²) in [6, 6.07) is 3.47. The van der Waals surface area contributed by atoms with Crippen LogP contribution in [-0.2, 0) is 16.4 Å². The van der Waals surface area contributed by atoms with Crippen molar-refractivity contribution < 1.29 is 13.2 Å². The molecule has 8 heteroatoms. The number of hydrogen-bond donors (Lipinski definition) is 2. The van der Waals surface area contributed by atoms with Crippen LogP contribution < -0.4 is 15.5 Å². The Labute approximate surface area is 131 Å². The number of anilines is 1. The van der Waals surface area contributed by atoms with Crippen LogP contribution in [0.1, 0.15) is 12.0 Å². The molecule has 1 aliphatic heterocycles. The van der Waals surface area contributed by atoms with Gasteiger partial charge in [-0.25, -0.2) is 18.2 Å². The number of nitrogens with one attached hydrogen (secondary N) is 2. The molecule has 1 saturated heterocycles. The number of rotatable bonds is 5. The Morgan fingerprint density at radius 1 is 1.41 bits per heavy atom. The molecule has 2 heterocycles. The van der Waals surface area contributed by atoms with Crippen molar-refractivity contribution in [2.75, 3.05) is 37.0 Å². The smallest absolute Gasteiger partial charge is 0.315 e. The maximum absolute atomic E-state index is 11.8. The zero-order valence-electron chi connectivity index (χ0n) is 12.9. The fourth-order valence-corrected chi connectivity index (χ4v) is 4.19. The van der Waals surface area contributed by atoms with E-state index in [-0.39, 0.29) is 23.5 Å². The van der Waals surface area contributed by atoms with Crippen LogP contribution in [0.4, 0.5) is 10.6 Å². The molecule has 0 bridgehead atoms. The molecule has 0 spiro atoms. The van der Waals surface area contributed by atoms with Crippen LogP contribution in [-0.4, -0.2) is 51.6 Å². The lowest BCUT2D eigenvalue weighted by Gasteiger charge is -2.13. The monoisotopic (exact) mass is 326 g/mol. The van der Waals surface area contributed by atoms with Crippen LogP contribution in [0, 0.1) is 5.92 Å². The molecule has 0 aromatic carbocycles. The van der Waals surface area contributed by atoms with E-state index in [1.807, 2.05) is 31.1 Å². The van der Waals surface area contributed by atoms with Gasteiger partial charge in [0.15, 0.2) is 9.84 Å². The summed E-state index contributed by atoms with van der Waals surface area (Å²) >= 11 is 0. The Hall–Kier alpha value is -1.83. The van der Waals surface area contributed by atoms with E-state index in [1.165, 1.54) is 0 Å². The topological polar surface area (TPSA) is 91.4 Å². The fraction of sp³-hybridized carbons (Fsp3) is 0.571. The first-order chi connectivity index (χ1) is 10.4. The van der Waals surface area contributed by atoms with Crippen LogP contribution >= 0.6 is 0 Å². The van der Waals surface area contributed by atoms with E-state index in [2.05, 4.69) is 15.6 Å². The van der Waals surface area contributed by atoms with Crippen molar-refractivity contribution in [2.45, 2.75) is 13.0 Å². The largest absolute Gasteiger partial charge is 0.363 e. The maximum Gasteiger partial charge on any atom is 0.315 e. The summed E-state index contributed by atoms with van der Waals surface area (Å²) < 4.78 is 22.7. The number of aromatic nitrogens is 1. The average molecular weight is 326 g/mol. The normalized spacial score (nSPS) is 19.6. The molecular weight excluding hydrogens is 304 g/mol. The summed E-state index contributed by atoms with van der Waals surface area (Å²) in [5.41, 5.74) is 0.956. The molecule has 22 heavy (non-hydrogen) atoms. The quantitative estimate of drug-likeness (QED) is 0.816. The highest BCUT2D eigenvalue weighted by Crippen LogP contribution is 2.17. The summed E-state index contributed by atoms with van der Waals surface area (Å²) in [7, 11) is 0.914. The number of amides is 2. The highest BCUT2D eigenvalue weighted by atomic mass is 32.2. The summed E-state index contributed by atoms with van der Waals surface area (Å²) in [5, 5.41) is 5.49. The van der Waals surface area contributed by atoms with Gasteiger partial charge >= 0.3 is 6.03 Å². The number of hydrogen-bond acceptors (Lipinski definition) is 5. The van der Waals surface area contributed by atoms with Crippen molar-refractivity contribution in [3.05, 3.63) is 23.9 Å². The second-order valence-corrected chi connectivity index (χ2v) is 7.98. The van der Waals surface area contributed by atoms with Gasteiger partial charge in [0.1, 0.15) is 5.82 Å². The third-order valence-corrected chi connectivity index (χ3v) is 5.44. The van der Waals surface area contributed by atoms with E-state index in [9.17, 15) is 13.2 Å². The van der Waals surface area contributed by atoms with E-state index in [1.54, 1.807) is 6.20 Å². The van der Waals surface area contributed by atoms with Crippen LogP contribution in [0.15, 0.2) is 18.3 Å². The van der Waals surface area contributed by atoms with Crippen molar-refractivity contribution in [2.24, 2.45) is 5.92 Å². The number of carbonyl (C=O) groups excluding carboxylic acids is 1. The van der Waals surface area contributed by atoms with Crippen molar-refractivity contribution in [3.8, 4) is 0 Å². The molecule has 1 aromatic rings. The Kier molecular flexibility index (Phi) is 5.23. The predicted octanol–water partition coefficient (Wildman–Crippen LogP) is 0.382. The standard InChI is InChI=1S/C14H22N4O3S/c1-18(2)13-7-11(3-5-15-13)8-16-14(19)17-9-12-4-6-22(20,21)10-12/h3,5,7,12H,4,6,8-10H2,1-2H3,(H2,16,17,19)/t12-/m1/s1. The third-order valence-electron chi connectivity index (χ3n) is 3.60. The molecule has 0 unspecified atom stereocenters. The second kappa shape index (κ2) is 6.95. The lowest BCUT2D eigenvalue weighted by atomic mass is 10.1. The van der Waals surface area contributed by atoms with Gasteiger partial charge in [-0.05, 0) is 30.0 Å². The molecule has 0 aliphatic carbocycles. The molecule has 2 rings (SSSR count). The number of carbonyl (C=O) groups is 1. The molecule has 1 fully saturated rings. The van der Waals surface area contributed by atoms with Crippen molar-refractivity contribution in [1.82, 2.24) is 15.6 Å². The first-order valence-corrected chi connectivity index (χ1v) is 9.02. The van der Waals surface area contributed by atoms with Gasteiger partial charge in [-0.1, -0.05) is 0 Å². The molecule has 1 aromatic heterocycles. The maximum atomic E-state index is 11.8. The van der Waals surface area contributed by atoms with Gasteiger partial charge in [-0.15, -0.1) is 0 Å². The Bertz CT molecular complexity index is 631. The molecule has 1 atom stereocenters. The van der Waals surface area contributed by atoms with E-state index < -0.39 is 9.84 Å². The minimum atomic E-state index is -2.89. The lowest BCUT2D eigenvalue weighted by molar-refractivity contribution is 0.239.